The highest BCUT2D eigenvalue weighted by Gasteiger charge is 2.39. The molecular weight excluding hydrogens is 378 g/mol. The average molecular weight is 400 g/mol. The van der Waals surface area contributed by atoms with Crippen molar-refractivity contribution in [2.24, 2.45) is 0 Å². The van der Waals surface area contributed by atoms with Crippen LogP contribution in [0.2, 0.25) is 5.02 Å². The Morgan fingerprint density at radius 3 is 2.68 bits per heavy atom. The van der Waals surface area contributed by atoms with E-state index in [4.69, 9.17) is 16.3 Å². The Kier molecular flexibility index (Phi) is 4.55. The van der Waals surface area contributed by atoms with E-state index in [0.29, 0.717) is 36.3 Å². The van der Waals surface area contributed by atoms with E-state index in [9.17, 15) is 4.79 Å². The van der Waals surface area contributed by atoms with Crippen LogP contribution in [0.3, 0.4) is 0 Å². The smallest absolute Gasteiger partial charge is 0.232 e. The van der Waals surface area contributed by atoms with Crippen LogP contribution in [0.15, 0.2) is 30.7 Å². The van der Waals surface area contributed by atoms with Crippen LogP contribution in [0.1, 0.15) is 37.3 Å². The minimum atomic E-state index is -0.0619. The minimum absolute atomic E-state index is 0.0619. The normalized spacial score (nSPS) is 24.8. The van der Waals surface area contributed by atoms with E-state index in [0.717, 1.165) is 24.5 Å². The summed E-state index contributed by atoms with van der Waals surface area (Å²) in [5, 5.41) is 0.611. The molecule has 0 bridgehead atoms. The van der Waals surface area contributed by atoms with Gasteiger partial charge in [-0.25, -0.2) is 9.97 Å². The number of pyridine rings is 1. The summed E-state index contributed by atoms with van der Waals surface area (Å²) in [4.78, 5) is 30.0. The molecular formula is C20H22ClN5O2. The number of anilines is 1. The van der Waals surface area contributed by atoms with Crippen LogP contribution in [0.25, 0.3) is 0 Å². The predicted octanol–water partition coefficient (Wildman–Crippen LogP) is 2.66. The molecule has 0 N–H and O–H groups in total. The Hall–Kier alpha value is -2.41. The maximum atomic E-state index is 12.6. The van der Waals surface area contributed by atoms with Crippen LogP contribution in [0.5, 0.6) is 5.88 Å². The number of fused-ring (bicyclic) bond motifs is 1. The van der Waals surface area contributed by atoms with Gasteiger partial charge >= 0.3 is 0 Å². The van der Waals surface area contributed by atoms with Crippen molar-refractivity contribution in [1.29, 1.82) is 0 Å². The Balaban J connectivity index is 1.26. The third-order valence-electron chi connectivity index (χ3n) is 5.69. The number of rotatable bonds is 4. The van der Waals surface area contributed by atoms with Gasteiger partial charge in [-0.05, 0) is 25.0 Å². The first-order valence-corrected chi connectivity index (χ1v) is 10.2. The van der Waals surface area contributed by atoms with Gasteiger partial charge in [-0.3, -0.25) is 9.78 Å². The lowest BCUT2D eigenvalue weighted by molar-refractivity contribution is -0.131. The molecule has 2 aliphatic heterocycles. The highest BCUT2D eigenvalue weighted by atomic mass is 35.5. The molecule has 0 unspecified atom stereocenters. The Morgan fingerprint density at radius 2 is 1.96 bits per heavy atom. The van der Waals surface area contributed by atoms with Gasteiger partial charge in [0.25, 0.3) is 0 Å². The number of ether oxygens (including phenoxy) is 1. The summed E-state index contributed by atoms with van der Waals surface area (Å²) in [5.41, 5.74) is 1.05. The van der Waals surface area contributed by atoms with Gasteiger partial charge in [-0.2, -0.15) is 0 Å². The molecule has 28 heavy (non-hydrogen) atoms. The number of aromatic nitrogens is 3. The van der Waals surface area contributed by atoms with Gasteiger partial charge in [0.15, 0.2) is 0 Å². The fourth-order valence-electron chi connectivity index (χ4n) is 4.07. The van der Waals surface area contributed by atoms with Crippen molar-refractivity contribution in [3.05, 3.63) is 41.4 Å². The lowest BCUT2D eigenvalue weighted by atomic mass is 10.2. The van der Waals surface area contributed by atoms with Gasteiger partial charge in [-0.1, -0.05) is 11.6 Å². The van der Waals surface area contributed by atoms with E-state index in [2.05, 4.69) is 19.9 Å². The highest BCUT2D eigenvalue weighted by molar-refractivity contribution is 6.30. The van der Waals surface area contributed by atoms with Gasteiger partial charge in [0.1, 0.15) is 11.9 Å². The van der Waals surface area contributed by atoms with E-state index in [1.807, 2.05) is 23.2 Å². The average Bonchev–Trinajstić information content (AvgIpc) is 3.49. The molecule has 5 rings (SSSR count). The first kappa shape index (κ1) is 17.7. The molecule has 1 amide bonds. The Bertz CT molecular complexity index is 856. The Morgan fingerprint density at radius 1 is 1.07 bits per heavy atom. The van der Waals surface area contributed by atoms with E-state index in [1.54, 1.807) is 12.4 Å². The van der Waals surface area contributed by atoms with Crippen molar-refractivity contribution in [2.75, 3.05) is 24.5 Å². The maximum absolute atomic E-state index is 12.6. The second-order valence-electron chi connectivity index (χ2n) is 7.76. The van der Waals surface area contributed by atoms with E-state index in [-0.39, 0.29) is 18.1 Å². The number of nitrogens with zero attached hydrogens (tertiary/aromatic N) is 5. The van der Waals surface area contributed by atoms with Gasteiger partial charge in [-0.15, -0.1) is 0 Å². The van der Waals surface area contributed by atoms with Gasteiger partial charge in [0.2, 0.25) is 11.8 Å². The van der Waals surface area contributed by atoms with Crippen LogP contribution < -0.4 is 9.64 Å². The zero-order chi connectivity index (χ0) is 19.1. The number of carbonyl (C=O) groups excluding carboxylic acids is 1. The summed E-state index contributed by atoms with van der Waals surface area (Å²) in [6.07, 6.45) is 8.78. The topological polar surface area (TPSA) is 71.5 Å². The van der Waals surface area contributed by atoms with Crippen molar-refractivity contribution in [3.8, 4) is 5.88 Å². The van der Waals surface area contributed by atoms with Crippen LogP contribution >= 0.6 is 11.6 Å². The molecule has 2 atom stereocenters. The third-order valence-corrected chi connectivity index (χ3v) is 5.91. The molecule has 8 heteroatoms. The number of hydrogen-bond donors (Lipinski definition) is 0. The zero-order valence-corrected chi connectivity index (χ0v) is 16.3. The van der Waals surface area contributed by atoms with Gasteiger partial charge in [0, 0.05) is 38.0 Å². The minimum Gasteiger partial charge on any atom is -0.471 e. The van der Waals surface area contributed by atoms with Crippen LogP contribution in [0.4, 0.5) is 5.82 Å². The maximum Gasteiger partial charge on any atom is 0.232 e. The summed E-state index contributed by atoms with van der Waals surface area (Å²) in [5.74, 6) is 2.14. The molecule has 2 aromatic rings. The molecule has 0 aromatic carbocycles. The van der Waals surface area contributed by atoms with Crippen LogP contribution in [0, 0.1) is 0 Å². The predicted molar refractivity (Wildman–Crippen MR) is 105 cm³/mol. The molecule has 3 fully saturated rings. The van der Waals surface area contributed by atoms with Crippen molar-refractivity contribution in [1.82, 2.24) is 19.9 Å². The van der Waals surface area contributed by atoms with Crippen molar-refractivity contribution < 1.29 is 9.53 Å². The van der Waals surface area contributed by atoms with E-state index in [1.165, 1.54) is 12.8 Å². The fourth-order valence-corrected chi connectivity index (χ4v) is 4.18. The second-order valence-corrected chi connectivity index (χ2v) is 8.20. The second kappa shape index (κ2) is 7.20. The quantitative estimate of drug-likeness (QED) is 0.787. The molecule has 0 radical (unpaired) electrons. The standard InChI is InChI=1S/C20H22ClN5O2/c21-14-3-4-18(23-8-14)25-6-5-20(27)26-12-16(7-15(26)11-25)28-19-10-22-17(9-24-19)13-1-2-13/h3-4,8-10,13,15-16H,1-2,5-7,11-12H2/t15-,16-/m1/s1. The van der Waals surface area contributed by atoms with Gasteiger partial charge in [0.05, 0.1) is 35.7 Å². The molecule has 4 heterocycles. The van der Waals surface area contributed by atoms with Gasteiger partial charge < -0.3 is 14.5 Å². The summed E-state index contributed by atoms with van der Waals surface area (Å²) in [6, 6.07) is 3.84. The third kappa shape index (κ3) is 3.63. The van der Waals surface area contributed by atoms with Crippen LogP contribution in [-0.2, 0) is 4.79 Å². The molecule has 7 nitrogen and oxygen atoms in total. The highest BCUT2D eigenvalue weighted by Crippen LogP contribution is 2.38. The SMILES string of the molecule is O=C1CCN(c2ccc(Cl)cn2)C[C@H]2C[C@@H](Oc3cnc(C4CC4)cn3)CN12. The first-order valence-electron chi connectivity index (χ1n) is 9.80. The van der Waals surface area contributed by atoms with Crippen LogP contribution in [-0.4, -0.2) is 57.5 Å². The number of carbonyl (C=O) groups is 1. The van der Waals surface area contributed by atoms with E-state index >= 15 is 0 Å². The molecule has 2 saturated heterocycles. The number of halogens is 1. The number of amides is 1. The molecule has 3 aliphatic rings. The lowest BCUT2D eigenvalue weighted by Gasteiger charge is -2.26. The van der Waals surface area contributed by atoms with Crippen molar-refractivity contribution in [3.63, 3.8) is 0 Å². The Labute approximate surface area is 168 Å². The molecule has 2 aromatic heterocycles. The van der Waals surface area contributed by atoms with Crippen molar-refractivity contribution >= 4 is 23.3 Å². The fraction of sp³-hybridized carbons (Fsp3) is 0.500. The van der Waals surface area contributed by atoms with Crippen molar-refractivity contribution in [2.45, 2.75) is 43.7 Å². The largest absolute Gasteiger partial charge is 0.471 e. The molecule has 1 saturated carbocycles. The zero-order valence-electron chi connectivity index (χ0n) is 15.5. The first-order chi connectivity index (χ1) is 13.7. The number of hydrogen-bond acceptors (Lipinski definition) is 6. The molecule has 0 spiro atoms. The van der Waals surface area contributed by atoms with E-state index < -0.39 is 0 Å². The summed E-state index contributed by atoms with van der Waals surface area (Å²) in [7, 11) is 0. The summed E-state index contributed by atoms with van der Waals surface area (Å²) >= 11 is 5.95. The lowest BCUT2D eigenvalue weighted by Crippen LogP contribution is -2.38. The monoisotopic (exact) mass is 399 g/mol. The summed E-state index contributed by atoms with van der Waals surface area (Å²) < 4.78 is 6.05. The molecule has 146 valence electrons. The molecule has 1 aliphatic carbocycles. The summed E-state index contributed by atoms with van der Waals surface area (Å²) in [6.45, 7) is 2.00.